The fourth-order valence-corrected chi connectivity index (χ4v) is 4.05. The monoisotopic (exact) mass is 482 g/mol. The molecular weight excluding hydrogens is 448 g/mol. The van der Waals surface area contributed by atoms with Crippen LogP contribution in [0.15, 0.2) is 102 Å². The number of rotatable bonds is 11. The molecule has 0 spiro atoms. The van der Waals surface area contributed by atoms with Gasteiger partial charge in [0.05, 0.1) is 5.69 Å². The summed E-state index contributed by atoms with van der Waals surface area (Å²) < 4.78 is 11.6. The zero-order valence-electron chi connectivity index (χ0n) is 21.2. The Bertz CT molecular complexity index is 1250. The van der Waals surface area contributed by atoms with Crippen LogP contribution in [-0.4, -0.2) is 5.97 Å². The fourth-order valence-electron chi connectivity index (χ4n) is 4.05. The largest absolute Gasteiger partial charge is 0.489 e. The van der Waals surface area contributed by atoms with Crippen molar-refractivity contribution in [2.24, 2.45) is 5.92 Å². The molecule has 1 fully saturated rings. The van der Waals surface area contributed by atoms with Gasteiger partial charge >= 0.3 is 5.97 Å². The van der Waals surface area contributed by atoms with Crippen LogP contribution in [0.5, 0.6) is 11.5 Å². The first-order valence-corrected chi connectivity index (χ1v) is 12.4. The summed E-state index contributed by atoms with van der Waals surface area (Å²) >= 11 is 0. The number of allylic oxidation sites excluding steroid dienone is 2. The maximum Gasteiger partial charge on any atom is 0.338 e. The van der Waals surface area contributed by atoms with Gasteiger partial charge in [-0.05, 0) is 67.2 Å². The highest BCUT2D eigenvalue weighted by Gasteiger charge is 2.36. The number of hydrazine groups is 1. The van der Waals surface area contributed by atoms with Crippen LogP contribution in [0.2, 0.25) is 0 Å². The number of carbonyl (C=O) groups excluding carboxylic acids is 1. The summed E-state index contributed by atoms with van der Waals surface area (Å²) in [7, 11) is 0. The van der Waals surface area contributed by atoms with E-state index in [0.29, 0.717) is 29.8 Å². The molecule has 0 aliphatic heterocycles. The molecule has 0 heterocycles. The lowest BCUT2D eigenvalue weighted by Crippen LogP contribution is -2.25. The summed E-state index contributed by atoms with van der Waals surface area (Å²) in [5, 5.41) is 0. The first-order chi connectivity index (χ1) is 17.5. The maximum atomic E-state index is 12.0. The van der Waals surface area contributed by atoms with E-state index < -0.39 is 5.97 Å². The van der Waals surface area contributed by atoms with Crippen LogP contribution < -0.4 is 20.3 Å². The predicted molar refractivity (Wildman–Crippen MR) is 145 cm³/mol. The summed E-state index contributed by atoms with van der Waals surface area (Å²) in [6.07, 6.45) is 2.10. The SMILES string of the molecule is C=C(C)C(=O)Oc1ccccc1COc1cccc(C2C/C2=C(\NNc2ccccc2)C(C)CC)c1. The van der Waals surface area contributed by atoms with E-state index in [4.69, 9.17) is 9.47 Å². The first kappa shape index (κ1) is 25.1. The summed E-state index contributed by atoms with van der Waals surface area (Å²) in [5.41, 5.74) is 13.0. The van der Waals surface area contributed by atoms with Gasteiger partial charge in [-0.15, -0.1) is 0 Å². The molecule has 2 N–H and O–H groups in total. The number of hydrogen-bond acceptors (Lipinski definition) is 5. The molecule has 186 valence electrons. The van der Waals surface area contributed by atoms with Gasteiger partial charge in [0, 0.05) is 22.8 Å². The molecule has 0 amide bonds. The molecule has 2 atom stereocenters. The zero-order valence-corrected chi connectivity index (χ0v) is 21.2. The molecule has 5 heteroatoms. The lowest BCUT2D eigenvalue weighted by atomic mass is 10.0. The molecule has 3 aromatic carbocycles. The summed E-state index contributed by atoms with van der Waals surface area (Å²) in [6.45, 7) is 10.1. The van der Waals surface area contributed by atoms with E-state index in [1.165, 1.54) is 16.8 Å². The van der Waals surface area contributed by atoms with E-state index in [1.807, 2.05) is 48.5 Å². The van der Waals surface area contributed by atoms with Crippen LogP contribution in [0, 0.1) is 5.92 Å². The molecule has 0 bridgehead atoms. The number of carbonyl (C=O) groups is 1. The average Bonchev–Trinajstić information content (AvgIpc) is 3.69. The van der Waals surface area contributed by atoms with Crippen molar-refractivity contribution in [3.05, 3.63) is 113 Å². The molecule has 1 aliphatic carbocycles. The second-order valence-electron chi connectivity index (χ2n) is 9.26. The number of anilines is 1. The second kappa shape index (κ2) is 11.6. The first-order valence-electron chi connectivity index (χ1n) is 12.4. The minimum Gasteiger partial charge on any atom is -0.489 e. The van der Waals surface area contributed by atoms with Gasteiger partial charge in [-0.25, -0.2) is 4.79 Å². The van der Waals surface area contributed by atoms with E-state index in [1.54, 1.807) is 13.0 Å². The second-order valence-corrected chi connectivity index (χ2v) is 9.26. The average molecular weight is 483 g/mol. The van der Waals surface area contributed by atoms with Crippen molar-refractivity contribution in [2.45, 2.75) is 46.1 Å². The highest BCUT2D eigenvalue weighted by atomic mass is 16.5. The van der Waals surface area contributed by atoms with Gasteiger partial charge in [0.2, 0.25) is 0 Å². The number of para-hydroxylation sites is 2. The van der Waals surface area contributed by atoms with E-state index >= 15 is 0 Å². The Labute approximate surface area is 213 Å². The van der Waals surface area contributed by atoms with Crippen LogP contribution >= 0.6 is 0 Å². The Hall–Kier alpha value is -3.99. The molecule has 36 heavy (non-hydrogen) atoms. The molecule has 3 aromatic rings. The fraction of sp³-hybridized carbons (Fsp3) is 0.258. The summed E-state index contributed by atoms with van der Waals surface area (Å²) in [4.78, 5) is 12.0. The van der Waals surface area contributed by atoms with Gasteiger partial charge in [-0.3, -0.25) is 0 Å². The standard InChI is InChI=1S/C31H34N2O3/c1-5-22(4)30(33-32-25-14-7-6-8-15-25)28-19-27(28)23-13-11-16-26(18-23)35-20-24-12-9-10-17-29(24)36-31(34)21(2)3/h6-18,22,27,32-33H,2,5,19-20H2,1,3-4H3/b30-28+. The Morgan fingerprint density at radius 1 is 1.06 bits per heavy atom. The summed E-state index contributed by atoms with van der Waals surface area (Å²) in [6, 6.07) is 25.8. The van der Waals surface area contributed by atoms with Crippen LogP contribution in [-0.2, 0) is 11.4 Å². The van der Waals surface area contributed by atoms with E-state index in [0.717, 1.165) is 29.8 Å². The molecule has 4 rings (SSSR count). The van der Waals surface area contributed by atoms with E-state index in [-0.39, 0.29) is 0 Å². The van der Waals surface area contributed by atoms with E-state index in [9.17, 15) is 4.79 Å². The third-order valence-corrected chi connectivity index (χ3v) is 6.43. The minimum absolute atomic E-state index is 0.303. The lowest BCUT2D eigenvalue weighted by molar-refractivity contribution is -0.130. The van der Waals surface area contributed by atoms with Crippen LogP contribution in [0.1, 0.15) is 50.7 Å². The number of nitrogens with one attached hydrogen (secondary N) is 2. The van der Waals surface area contributed by atoms with Crippen molar-refractivity contribution in [3.8, 4) is 11.5 Å². The van der Waals surface area contributed by atoms with Crippen molar-refractivity contribution < 1.29 is 14.3 Å². The Morgan fingerprint density at radius 3 is 2.56 bits per heavy atom. The van der Waals surface area contributed by atoms with Gasteiger partial charge in [-0.1, -0.05) is 69.0 Å². The van der Waals surface area contributed by atoms with Gasteiger partial charge in [-0.2, -0.15) is 0 Å². The Morgan fingerprint density at radius 2 is 1.81 bits per heavy atom. The van der Waals surface area contributed by atoms with Crippen molar-refractivity contribution in [1.29, 1.82) is 0 Å². The number of esters is 1. The zero-order chi connectivity index (χ0) is 25.5. The molecular formula is C31H34N2O3. The molecule has 1 aliphatic rings. The minimum atomic E-state index is -0.440. The number of hydrogen-bond donors (Lipinski definition) is 2. The third kappa shape index (κ3) is 6.36. The molecule has 0 saturated heterocycles. The normalized spacial score (nSPS) is 16.5. The van der Waals surface area contributed by atoms with Crippen molar-refractivity contribution in [3.63, 3.8) is 0 Å². The molecule has 5 nitrogen and oxygen atoms in total. The van der Waals surface area contributed by atoms with Crippen molar-refractivity contribution in [2.75, 3.05) is 5.43 Å². The third-order valence-electron chi connectivity index (χ3n) is 6.43. The topological polar surface area (TPSA) is 59.6 Å². The van der Waals surface area contributed by atoms with Crippen LogP contribution in [0.4, 0.5) is 5.69 Å². The van der Waals surface area contributed by atoms with Crippen LogP contribution in [0.25, 0.3) is 0 Å². The van der Waals surface area contributed by atoms with Crippen LogP contribution in [0.3, 0.4) is 0 Å². The lowest BCUT2D eigenvalue weighted by Gasteiger charge is -2.18. The Balaban J connectivity index is 1.44. The Kier molecular flexibility index (Phi) is 8.11. The predicted octanol–water partition coefficient (Wildman–Crippen LogP) is 7.15. The van der Waals surface area contributed by atoms with Gasteiger partial charge in [0.15, 0.2) is 0 Å². The molecule has 1 saturated carbocycles. The molecule has 0 radical (unpaired) electrons. The maximum absolute atomic E-state index is 12.0. The molecule has 2 unspecified atom stereocenters. The van der Waals surface area contributed by atoms with Crippen molar-refractivity contribution in [1.82, 2.24) is 5.43 Å². The smallest absolute Gasteiger partial charge is 0.338 e. The van der Waals surface area contributed by atoms with Gasteiger partial charge < -0.3 is 20.3 Å². The molecule has 0 aromatic heterocycles. The van der Waals surface area contributed by atoms with Gasteiger partial charge in [0.25, 0.3) is 0 Å². The number of ether oxygens (including phenoxy) is 2. The van der Waals surface area contributed by atoms with Crippen molar-refractivity contribution >= 4 is 11.7 Å². The van der Waals surface area contributed by atoms with E-state index in [2.05, 4.69) is 55.5 Å². The summed E-state index contributed by atoms with van der Waals surface area (Å²) in [5.74, 6) is 1.65. The van der Waals surface area contributed by atoms with Gasteiger partial charge in [0.1, 0.15) is 18.1 Å². The quantitative estimate of drug-likeness (QED) is 0.131. The highest BCUT2D eigenvalue weighted by molar-refractivity contribution is 5.88. The highest BCUT2D eigenvalue weighted by Crippen LogP contribution is 2.50. The number of benzene rings is 3.